The topological polar surface area (TPSA) is 140 Å². The fraction of sp³-hybridized carbons (Fsp3) is 0.261. The number of carbonyl (C=O) groups is 3. The minimum Gasteiger partial charge on any atom is -0.459 e. The predicted octanol–water partition coefficient (Wildman–Crippen LogP) is 1.53. The number of ether oxygens (including phenoxy) is 1. The summed E-state index contributed by atoms with van der Waals surface area (Å²) >= 11 is 0. The van der Waals surface area contributed by atoms with Crippen molar-refractivity contribution >= 4 is 28.7 Å². The summed E-state index contributed by atoms with van der Waals surface area (Å²) in [5, 5.41) is 3.60. The van der Waals surface area contributed by atoms with Crippen LogP contribution in [0.5, 0.6) is 0 Å². The third-order valence-corrected chi connectivity index (χ3v) is 4.96. The molecule has 8 nitrogen and oxygen atoms in total. The van der Waals surface area contributed by atoms with Crippen molar-refractivity contribution in [1.29, 1.82) is 0 Å². The molecule has 0 aliphatic rings. The van der Waals surface area contributed by atoms with Gasteiger partial charge in [0.25, 0.3) is 0 Å². The Bertz CT molecular complexity index is 1050. The van der Waals surface area contributed by atoms with E-state index in [1.165, 1.54) is 0 Å². The van der Waals surface area contributed by atoms with Crippen LogP contribution in [0.2, 0.25) is 0 Å². The molecule has 6 N–H and O–H groups in total. The van der Waals surface area contributed by atoms with Gasteiger partial charge in [0, 0.05) is 23.5 Å². The highest BCUT2D eigenvalue weighted by molar-refractivity contribution is 5.89. The lowest BCUT2D eigenvalue weighted by Gasteiger charge is -2.19. The third kappa shape index (κ3) is 6.16. The molecule has 0 spiro atoms. The van der Waals surface area contributed by atoms with Gasteiger partial charge in [-0.05, 0) is 30.0 Å². The van der Waals surface area contributed by atoms with Crippen molar-refractivity contribution < 1.29 is 19.1 Å². The van der Waals surface area contributed by atoms with E-state index >= 15 is 0 Å². The second-order valence-electron chi connectivity index (χ2n) is 7.33. The summed E-state index contributed by atoms with van der Waals surface area (Å²) in [6.45, 7) is 0.0595. The number of primary amides is 1. The number of nitrogens with two attached hydrogens (primary N) is 2. The number of rotatable bonds is 10. The number of esters is 1. The van der Waals surface area contributed by atoms with Crippen LogP contribution in [0.15, 0.2) is 60.8 Å². The zero-order valence-electron chi connectivity index (χ0n) is 17.0. The van der Waals surface area contributed by atoms with Gasteiger partial charge >= 0.3 is 5.97 Å². The normalized spacial score (nSPS) is 12.8. The molecule has 162 valence electrons. The molecule has 8 heteroatoms. The molecule has 2 aromatic carbocycles. The highest BCUT2D eigenvalue weighted by Crippen LogP contribution is 2.19. The lowest BCUT2D eigenvalue weighted by atomic mass is 10.0. The molecule has 0 bridgehead atoms. The molecule has 2 amide bonds. The minimum absolute atomic E-state index is 0.0362. The second-order valence-corrected chi connectivity index (χ2v) is 7.33. The van der Waals surface area contributed by atoms with Gasteiger partial charge in [-0.3, -0.25) is 9.59 Å². The quantitative estimate of drug-likeness (QED) is 0.367. The van der Waals surface area contributed by atoms with Crippen LogP contribution in [0.25, 0.3) is 10.9 Å². The molecule has 1 aromatic heterocycles. The van der Waals surface area contributed by atoms with Crippen LogP contribution in [0.4, 0.5) is 0 Å². The molecule has 0 aliphatic heterocycles. The molecular weight excluding hydrogens is 396 g/mol. The lowest BCUT2D eigenvalue weighted by molar-refractivity contribution is -0.149. The van der Waals surface area contributed by atoms with Gasteiger partial charge < -0.3 is 26.5 Å². The van der Waals surface area contributed by atoms with Crippen molar-refractivity contribution in [1.82, 2.24) is 10.3 Å². The molecule has 31 heavy (non-hydrogen) atoms. The number of aromatic nitrogens is 1. The average molecular weight is 422 g/mol. The van der Waals surface area contributed by atoms with E-state index in [-0.39, 0.29) is 25.9 Å². The van der Waals surface area contributed by atoms with Crippen molar-refractivity contribution in [3.05, 3.63) is 71.9 Å². The summed E-state index contributed by atoms with van der Waals surface area (Å²) in [7, 11) is 0. The molecule has 0 radical (unpaired) electrons. The van der Waals surface area contributed by atoms with Gasteiger partial charge in [-0.15, -0.1) is 0 Å². The molecule has 0 aliphatic carbocycles. The summed E-state index contributed by atoms with van der Waals surface area (Å²) < 4.78 is 5.32. The molecule has 2 atom stereocenters. The molecule has 1 heterocycles. The second kappa shape index (κ2) is 10.4. The van der Waals surface area contributed by atoms with Gasteiger partial charge in [-0.1, -0.05) is 48.5 Å². The van der Waals surface area contributed by atoms with Gasteiger partial charge in [0.1, 0.15) is 12.6 Å². The van der Waals surface area contributed by atoms with Gasteiger partial charge in [0.05, 0.1) is 6.04 Å². The number of carbonyl (C=O) groups excluding carboxylic acids is 3. The summed E-state index contributed by atoms with van der Waals surface area (Å²) in [6.07, 6.45) is 2.07. The fourth-order valence-corrected chi connectivity index (χ4v) is 3.27. The van der Waals surface area contributed by atoms with Crippen LogP contribution in [-0.4, -0.2) is 34.9 Å². The van der Waals surface area contributed by atoms with E-state index in [0.717, 1.165) is 22.0 Å². The maximum atomic E-state index is 12.7. The Morgan fingerprint density at radius 2 is 1.74 bits per heavy atom. The minimum atomic E-state index is -1.02. The van der Waals surface area contributed by atoms with E-state index in [1.807, 2.05) is 60.8 Å². The molecule has 0 saturated heterocycles. The fourth-order valence-electron chi connectivity index (χ4n) is 3.27. The van der Waals surface area contributed by atoms with Gasteiger partial charge in [0.15, 0.2) is 0 Å². The zero-order chi connectivity index (χ0) is 22.2. The number of benzene rings is 2. The zero-order valence-corrected chi connectivity index (χ0v) is 17.0. The van der Waals surface area contributed by atoms with Crippen molar-refractivity contribution in [3.63, 3.8) is 0 Å². The maximum Gasteiger partial charge on any atom is 0.328 e. The third-order valence-electron chi connectivity index (χ3n) is 4.96. The lowest BCUT2D eigenvalue weighted by Crippen LogP contribution is -2.49. The Morgan fingerprint density at radius 3 is 2.48 bits per heavy atom. The van der Waals surface area contributed by atoms with Crippen LogP contribution < -0.4 is 16.8 Å². The highest BCUT2D eigenvalue weighted by Gasteiger charge is 2.26. The van der Waals surface area contributed by atoms with Crippen molar-refractivity contribution in [3.8, 4) is 0 Å². The van der Waals surface area contributed by atoms with E-state index in [4.69, 9.17) is 16.2 Å². The van der Waals surface area contributed by atoms with Gasteiger partial charge in [-0.2, -0.15) is 0 Å². The Labute approximate surface area is 179 Å². The van der Waals surface area contributed by atoms with Crippen LogP contribution >= 0.6 is 0 Å². The first-order valence-electron chi connectivity index (χ1n) is 10.0. The SMILES string of the molecule is NC(=O)CCC(NC(=O)C(N)Cc1c[nH]c2ccccc12)C(=O)OCc1ccccc1. The van der Waals surface area contributed by atoms with E-state index in [1.54, 1.807) is 0 Å². The van der Waals surface area contributed by atoms with Crippen molar-refractivity contribution in [2.75, 3.05) is 0 Å². The number of amides is 2. The largest absolute Gasteiger partial charge is 0.459 e. The first kappa shape index (κ1) is 22.0. The molecule has 0 fully saturated rings. The Kier molecular flexibility index (Phi) is 7.40. The maximum absolute atomic E-state index is 12.7. The Balaban J connectivity index is 1.62. The number of H-pyrrole nitrogens is 1. The number of hydrogen-bond acceptors (Lipinski definition) is 5. The number of hydrogen-bond donors (Lipinski definition) is 4. The van der Waals surface area contributed by atoms with Crippen LogP contribution in [0.1, 0.15) is 24.0 Å². The molecular formula is C23H26N4O4. The molecule has 0 saturated carbocycles. The van der Waals surface area contributed by atoms with Gasteiger partial charge in [0.2, 0.25) is 11.8 Å². The summed E-state index contributed by atoms with van der Waals surface area (Å²) in [4.78, 5) is 39.5. The van der Waals surface area contributed by atoms with Crippen molar-refractivity contribution in [2.45, 2.75) is 38.0 Å². The van der Waals surface area contributed by atoms with Crippen LogP contribution in [-0.2, 0) is 32.1 Å². The number of aromatic amines is 1. The highest BCUT2D eigenvalue weighted by atomic mass is 16.5. The van der Waals surface area contributed by atoms with E-state index in [0.29, 0.717) is 0 Å². The number of nitrogens with one attached hydrogen (secondary N) is 2. The Morgan fingerprint density at radius 1 is 1.03 bits per heavy atom. The number of fused-ring (bicyclic) bond motifs is 1. The first-order chi connectivity index (χ1) is 14.9. The van der Waals surface area contributed by atoms with E-state index in [2.05, 4.69) is 10.3 Å². The van der Waals surface area contributed by atoms with E-state index in [9.17, 15) is 14.4 Å². The number of para-hydroxylation sites is 1. The first-order valence-corrected chi connectivity index (χ1v) is 10.0. The summed E-state index contributed by atoms with van der Waals surface area (Å²) in [6, 6.07) is 15.0. The monoisotopic (exact) mass is 422 g/mol. The molecule has 3 rings (SSSR count). The predicted molar refractivity (Wildman–Crippen MR) is 117 cm³/mol. The average Bonchev–Trinajstić information content (AvgIpc) is 3.18. The summed E-state index contributed by atoms with van der Waals surface area (Å²) in [5.41, 5.74) is 14.0. The van der Waals surface area contributed by atoms with Gasteiger partial charge in [-0.25, -0.2) is 4.79 Å². The molecule has 2 unspecified atom stereocenters. The Hall–Kier alpha value is -3.65. The summed E-state index contributed by atoms with van der Waals surface area (Å²) in [5.74, 6) is -1.72. The smallest absolute Gasteiger partial charge is 0.328 e. The van der Waals surface area contributed by atoms with Crippen LogP contribution in [0, 0.1) is 0 Å². The standard InChI is InChI=1S/C23H26N4O4/c24-18(12-16-13-26-19-9-5-4-8-17(16)19)22(29)27-20(10-11-21(25)28)23(30)31-14-15-6-2-1-3-7-15/h1-9,13,18,20,26H,10-12,14,24H2,(H2,25,28)(H,27,29). The van der Waals surface area contributed by atoms with E-state index < -0.39 is 29.9 Å². The molecule has 3 aromatic rings. The van der Waals surface area contributed by atoms with Crippen LogP contribution in [0.3, 0.4) is 0 Å². The van der Waals surface area contributed by atoms with Crippen molar-refractivity contribution in [2.24, 2.45) is 11.5 Å².